The van der Waals surface area contributed by atoms with E-state index in [1.165, 1.54) is 26.0 Å². The molecule has 0 unspecified atom stereocenters. The third-order valence-corrected chi connectivity index (χ3v) is 5.37. The smallest absolute Gasteiger partial charge is 0.338 e. The molecule has 22 heavy (non-hydrogen) atoms. The minimum Gasteiger partial charge on any atom is -0.469 e. The van der Waals surface area contributed by atoms with Crippen LogP contribution in [0.2, 0.25) is 10.0 Å². The minimum absolute atomic E-state index is 0.199. The van der Waals surface area contributed by atoms with Crippen molar-refractivity contribution in [3.8, 4) is 0 Å². The third kappa shape index (κ3) is 3.35. The Hall–Kier alpha value is -0.950. The molecule has 1 aliphatic heterocycles. The molecule has 1 N–H and O–H groups in total. The standard InChI is InChI=1S/C14H15Cl2NO4S/c1-20-10(18)6-7-22-14(13(19)21-2)12(17-14)11-8(15)4-3-5-9(11)16/h3-5,12,17H,6-7H2,1-2H3/t12-,14+/m1/s1. The Kier molecular flexibility index (Phi) is 5.60. The van der Waals surface area contributed by atoms with Gasteiger partial charge in [0.25, 0.3) is 0 Å². The summed E-state index contributed by atoms with van der Waals surface area (Å²) < 4.78 is 9.46. The molecule has 1 saturated heterocycles. The van der Waals surface area contributed by atoms with Gasteiger partial charge in [-0.25, -0.2) is 4.79 Å². The van der Waals surface area contributed by atoms with Gasteiger partial charge >= 0.3 is 11.9 Å². The van der Waals surface area contributed by atoms with Crippen molar-refractivity contribution in [3.05, 3.63) is 33.8 Å². The lowest BCUT2D eigenvalue weighted by atomic mass is 10.1. The fraction of sp³-hybridized carbons (Fsp3) is 0.429. The van der Waals surface area contributed by atoms with Gasteiger partial charge in [-0.05, 0) is 12.1 Å². The van der Waals surface area contributed by atoms with Crippen LogP contribution in [0.15, 0.2) is 18.2 Å². The zero-order valence-corrected chi connectivity index (χ0v) is 14.3. The largest absolute Gasteiger partial charge is 0.469 e. The van der Waals surface area contributed by atoms with Crippen LogP contribution < -0.4 is 5.32 Å². The average Bonchev–Trinajstić information content (AvgIpc) is 3.21. The molecule has 0 spiro atoms. The fourth-order valence-corrected chi connectivity index (χ4v) is 4.04. The maximum Gasteiger partial charge on any atom is 0.338 e. The molecule has 120 valence electrons. The third-order valence-electron chi connectivity index (χ3n) is 3.32. The predicted molar refractivity (Wildman–Crippen MR) is 86.2 cm³/mol. The molecule has 2 atom stereocenters. The molecular formula is C14H15Cl2NO4S. The molecule has 0 bridgehead atoms. The van der Waals surface area contributed by atoms with E-state index in [1.54, 1.807) is 18.2 Å². The second-order valence-corrected chi connectivity index (χ2v) is 6.77. The van der Waals surface area contributed by atoms with Crippen LogP contribution in [0.1, 0.15) is 18.0 Å². The van der Waals surface area contributed by atoms with E-state index >= 15 is 0 Å². The van der Waals surface area contributed by atoms with Crippen molar-refractivity contribution < 1.29 is 19.1 Å². The summed E-state index contributed by atoms with van der Waals surface area (Å²) in [6.07, 6.45) is 0.199. The van der Waals surface area contributed by atoms with Gasteiger partial charge in [-0.15, -0.1) is 11.8 Å². The highest BCUT2D eigenvalue weighted by Crippen LogP contribution is 2.53. The van der Waals surface area contributed by atoms with Gasteiger partial charge in [0, 0.05) is 21.4 Å². The molecule has 0 aromatic heterocycles. The Morgan fingerprint density at radius 2 is 1.91 bits per heavy atom. The number of benzene rings is 1. The summed E-state index contributed by atoms with van der Waals surface area (Å²) in [6, 6.07) is 4.80. The number of nitrogens with one attached hydrogen (secondary N) is 1. The Labute approximate surface area is 142 Å². The van der Waals surface area contributed by atoms with Crippen LogP contribution in [0, 0.1) is 0 Å². The van der Waals surface area contributed by atoms with Crippen LogP contribution in [0.5, 0.6) is 0 Å². The van der Waals surface area contributed by atoms with E-state index in [9.17, 15) is 9.59 Å². The quantitative estimate of drug-likeness (QED) is 0.618. The normalized spacial score (nSPS) is 23.0. The molecule has 1 heterocycles. The number of methoxy groups -OCH3 is 2. The first-order chi connectivity index (χ1) is 10.5. The second-order valence-electron chi connectivity index (χ2n) is 4.61. The van der Waals surface area contributed by atoms with Gasteiger partial charge in [-0.3, -0.25) is 10.1 Å². The zero-order chi connectivity index (χ0) is 16.3. The van der Waals surface area contributed by atoms with E-state index in [4.69, 9.17) is 27.9 Å². The Morgan fingerprint density at radius 3 is 2.45 bits per heavy atom. The summed E-state index contributed by atoms with van der Waals surface area (Å²) in [5, 5.41) is 4.04. The Balaban J connectivity index is 2.17. The van der Waals surface area contributed by atoms with E-state index in [0.717, 1.165) is 0 Å². The van der Waals surface area contributed by atoms with Gasteiger partial charge in [0.2, 0.25) is 0 Å². The van der Waals surface area contributed by atoms with Gasteiger partial charge in [-0.1, -0.05) is 29.3 Å². The van der Waals surface area contributed by atoms with Gasteiger partial charge in [0.1, 0.15) is 0 Å². The lowest BCUT2D eigenvalue weighted by Gasteiger charge is -2.13. The zero-order valence-electron chi connectivity index (χ0n) is 12.0. The average molecular weight is 364 g/mol. The van der Waals surface area contributed by atoms with E-state index in [-0.39, 0.29) is 18.4 Å². The number of hydrogen-bond acceptors (Lipinski definition) is 6. The molecule has 0 amide bonds. The first-order valence-electron chi connectivity index (χ1n) is 6.47. The van der Waals surface area contributed by atoms with Crippen molar-refractivity contribution in [3.63, 3.8) is 0 Å². The van der Waals surface area contributed by atoms with Crippen molar-refractivity contribution >= 4 is 46.9 Å². The number of carbonyl (C=O) groups is 2. The molecule has 0 aliphatic carbocycles. The van der Waals surface area contributed by atoms with Crippen LogP contribution in [0.25, 0.3) is 0 Å². The molecule has 8 heteroatoms. The predicted octanol–water partition coefficient (Wildman–Crippen LogP) is 2.80. The van der Waals surface area contributed by atoms with E-state index in [0.29, 0.717) is 21.4 Å². The molecule has 5 nitrogen and oxygen atoms in total. The summed E-state index contributed by atoms with van der Waals surface area (Å²) >= 11 is 13.7. The topological polar surface area (TPSA) is 74.5 Å². The number of halogens is 2. The number of rotatable bonds is 6. The molecule has 1 aromatic carbocycles. The number of hydrogen-bond donors (Lipinski definition) is 1. The summed E-state index contributed by atoms with van der Waals surface area (Å²) in [7, 11) is 2.64. The maximum atomic E-state index is 12.1. The van der Waals surface area contributed by atoms with Crippen LogP contribution in [-0.4, -0.2) is 36.8 Å². The maximum absolute atomic E-state index is 12.1. The lowest BCUT2D eigenvalue weighted by Crippen LogP contribution is -2.27. The monoisotopic (exact) mass is 363 g/mol. The number of esters is 2. The first kappa shape index (κ1) is 17.4. The molecule has 1 aliphatic rings. The van der Waals surface area contributed by atoms with Gasteiger partial charge in [-0.2, -0.15) is 0 Å². The molecular weight excluding hydrogens is 349 g/mol. The highest BCUT2D eigenvalue weighted by Gasteiger charge is 2.63. The van der Waals surface area contributed by atoms with Crippen molar-refractivity contribution in [2.45, 2.75) is 17.3 Å². The van der Waals surface area contributed by atoms with Crippen LogP contribution in [-0.2, 0) is 19.1 Å². The van der Waals surface area contributed by atoms with Crippen LogP contribution in [0.4, 0.5) is 0 Å². The number of ether oxygens (including phenoxy) is 2. The second kappa shape index (κ2) is 7.08. The summed E-state index contributed by atoms with van der Waals surface area (Å²) in [5.74, 6) is -0.350. The SMILES string of the molecule is COC(=O)CCS[C@@]1(C(=O)OC)N[C@@H]1c1c(Cl)cccc1Cl. The summed E-state index contributed by atoms with van der Waals surface area (Å²) in [5.41, 5.74) is 0.654. The van der Waals surface area contributed by atoms with E-state index in [1.807, 2.05) is 0 Å². The van der Waals surface area contributed by atoms with Crippen molar-refractivity contribution in [1.82, 2.24) is 5.32 Å². The summed E-state index contributed by atoms with van der Waals surface area (Å²) in [4.78, 5) is 22.4. The molecule has 2 rings (SSSR count). The van der Waals surface area contributed by atoms with Gasteiger partial charge < -0.3 is 9.47 Å². The Morgan fingerprint density at radius 1 is 1.27 bits per heavy atom. The highest BCUT2D eigenvalue weighted by molar-refractivity contribution is 8.01. The first-order valence-corrected chi connectivity index (χ1v) is 8.21. The minimum atomic E-state index is -0.975. The van der Waals surface area contributed by atoms with Gasteiger partial charge in [0.05, 0.1) is 26.7 Å². The van der Waals surface area contributed by atoms with Gasteiger partial charge in [0.15, 0.2) is 4.87 Å². The van der Waals surface area contributed by atoms with Crippen LogP contribution >= 0.6 is 35.0 Å². The number of carbonyl (C=O) groups excluding carboxylic acids is 2. The van der Waals surface area contributed by atoms with E-state index in [2.05, 4.69) is 10.1 Å². The van der Waals surface area contributed by atoms with Crippen LogP contribution in [0.3, 0.4) is 0 Å². The fourth-order valence-electron chi connectivity index (χ4n) is 2.14. The molecule has 0 saturated carbocycles. The highest BCUT2D eigenvalue weighted by atomic mass is 35.5. The van der Waals surface area contributed by atoms with E-state index < -0.39 is 10.8 Å². The molecule has 1 fully saturated rings. The molecule has 1 aromatic rings. The van der Waals surface area contributed by atoms with Crippen molar-refractivity contribution in [2.75, 3.05) is 20.0 Å². The molecule has 0 radical (unpaired) electrons. The summed E-state index contributed by atoms with van der Waals surface area (Å²) in [6.45, 7) is 0. The lowest BCUT2D eigenvalue weighted by molar-refractivity contribution is -0.141. The Bertz CT molecular complexity index is 578. The van der Waals surface area contributed by atoms with Crippen molar-refractivity contribution in [1.29, 1.82) is 0 Å². The van der Waals surface area contributed by atoms with Crippen molar-refractivity contribution in [2.24, 2.45) is 0 Å². The number of thioether (sulfide) groups is 1.